The molecule has 19 heavy (non-hydrogen) atoms. The van der Waals surface area contributed by atoms with E-state index in [9.17, 15) is 13.2 Å². The highest BCUT2D eigenvalue weighted by molar-refractivity contribution is 5.65. The van der Waals surface area contributed by atoms with Crippen molar-refractivity contribution in [3.05, 3.63) is 53.3 Å². The summed E-state index contributed by atoms with van der Waals surface area (Å²) in [6, 6.07) is 6.95. The summed E-state index contributed by atoms with van der Waals surface area (Å²) >= 11 is 0. The lowest BCUT2D eigenvalue weighted by Gasteiger charge is -2.11. The lowest BCUT2D eigenvalue weighted by molar-refractivity contribution is -0.137. The molecular formula is C14H9F3N2. The highest BCUT2D eigenvalue weighted by Gasteiger charge is 2.33. The van der Waals surface area contributed by atoms with Crippen molar-refractivity contribution in [1.29, 1.82) is 5.26 Å². The Kier molecular flexibility index (Phi) is 3.26. The summed E-state index contributed by atoms with van der Waals surface area (Å²) in [5.41, 5.74) is 0.541. The van der Waals surface area contributed by atoms with Gasteiger partial charge in [-0.3, -0.25) is 4.98 Å². The van der Waals surface area contributed by atoms with E-state index in [0.29, 0.717) is 11.1 Å². The maximum absolute atomic E-state index is 12.8. The van der Waals surface area contributed by atoms with E-state index in [1.165, 1.54) is 18.3 Å². The summed E-state index contributed by atoms with van der Waals surface area (Å²) in [6.07, 6.45) is -1.43. The minimum absolute atomic E-state index is 0.378. The molecule has 0 bridgehead atoms. The number of rotatable bonds is 1. The predicted octanol–water partition coefficient (Wildman–Crippen LogP) is 3.95. The van der Waals surface area contributed by atoms with E-state index in [0.717, 1.165) is 11.6 Å². The molecule has 5 heteroatoms. The minimum Gasteiger partial charge on any atom is -0.264 e. The summed E-state index contributed by atoms with van der Waals surface area (Å²) in [5, 5.41) is 8.72. The Morgan fingerprint density at radius 2 is 1.84 bits per heavy atom. The molecule has 0 aliphatic heterocycles. The van der Waals surface area contributed by atoms with Crippen LogP contribution in [-0.4, -0.2) is 4.98 Å². The smallest absolute Gasteiger partial charge is 0.264 e. The second-order valence-corrected chi connectivity index (χ2v) is 4.12. The Labute approximate surface area is 108 Å². The Hall–Kier alpha value is -2.35. The quantitative estimate of drug-likeness (QED) is 0.780. The Bertz CT molecular complexity index is 654. The third-order valence-electron chi connectivity index (χ3n) is 2.65. The van der Waals surface area contributed by atoms with Gasteiger partial charge in [-0.15, -0.1) is 0 Å². The fraction of sp³-hybridized carbons (Fsp3) is 0.143. The second kappa shape index (κ2) is 4.73. The number of hydrogen-bond acceptors (Lipinski definition) is 2. The third kappa shape index (κ3) is 2.74. The molecular weight excluding hydrogens is 253 g/mol. The van der Waals surface area contributed by atoms with Crippen LogP contribution < -0.4 is 0 Å². The average Bonchev–Trinajstić information content (AvgIpc) is 2.37. The van der Waals surface area contributed by atoms with Crippen molar-refractivity contribution in [2.45, 2.75) is 13.1 Å². The van der Waals surface area contributed by atoms with E-state index in [4.69, 9.17) is 5.26 Å². The molecule has 0 N–H and O–H groups in total. The zero-order valence-electron chi connectivity index (χ0n) is 9.99. The van der Waals surface area contributed by atoms with Crippen LogP contribution in [0.15, 0.2) is 36.7 Å². The molecule has 0 saturated carbocycles. The minimum atomic E-state index is -4.54. The van der Waals surface area contributed by atoms with E-state index < -0.39 is 11.7 Å². The summed E-state index contributed by atoms with van der Waals surface area (Å²) in [7, 11) is 0. The van der Waals surface area contributed by atoms with Gasteiger partial charge in [0.25, 0.3) is 0 Å². The average molecular weight is 262 g/mol. The molecule has 0 amide bonds. The molecule has 1 heterocycles. The van der Waals surface area contributed by atoms with Gasteiger partial charge in [-0.05, 0) is 36.2 Å². The number of benzene rings is 1. The van der Waals surface area contributed by atoms with Crippen LogP contribution in [0.5, 0.6) is 0 Å². The molecule has 0 unspecified atom stereocenters. The monoisotopic (exact) mass is 262 g/mol. The standard InChI is InChI=1S/C14H9F3N2/c1-9-4-12(8-19-7-9)10-2-3-11(6-18)13(5-10)14(15,16)17/h2-5,7-8H,1H3. The van der Waals surface area contributed by atoms with Crippen molar-refractivity contribution in [3.63, 3.8) is 0 Å². The number of alkyl halides is 3. The van der Waals surface area contributed by atoms with Crippen molar-refractivity contribution in [1.82, 2.24) is 4.98 Å². The lowest BCUT2D eigenvalue weighted by Crippen LogP contribution is -2.08. The molecule has 1 aromatic carbocycles. The number of halogens is 3. The van der Waals surface area contributed by atoms with E-state index in [-0.39, 0.29) is 5.56 Å². The van der Waals surface area contributed by atoms with Crippen molar-refractivity contribution in [2.24, 2.45) is 0 Å². The van der Waals surface area contributed by atoms with Crippen molar-refractivity contribution in [2.75, 3.05) is 0 Å². The number of hydrogen-bond donors (Lipinski definition) is 0. The van der Waals surface area contributed by atoms with E-state index in [1.807, 2.05) is 6.92 Å². The Balaban J connectivity index is 2.59. The van der Waals surface area contributed by atoms with Crippen LogP contribution in [0, 0.1) is 18.3 Å². The Morgan fingerprint density at radius 1 is 1.11 bits per heavy atom. The van der Waals surface area contributed by atoms with Gasteiger partial charge >= 0.3 is 6.18 Å². The van der Waals surface area contributed by atoms with Crippen LogP contribution >= 0.6 is 0 Å². The molecule has 0 saturated heterocycles. The lowest BCUT2D eigenvalue weighted by atomic mass is 9.99. The highest BCUT2D eigenvalue weighted by atomic mass is 19.4. The first-order valence-electron chi connectivity index (χ1n) is 5.45. The van der Waals surface area contributed by atoms with Gasteiger partial charge in [-0.1, -0.05) is 6.07 Å². The fourth-order valence-corrected chi connectivity index (χ4v) is 1.77. The molecule has 0 atom stereocenters. The van der Waals surface area contributed by atoms with Gasteiger partial charge in [0, 0.05) is 18.0 Å². The van der Waals surface area contributed by atoms with E-state index in [1.54, 1.807) is 18.3 Å². The maximum Gasteiger partial charge on any atom is 0.417 e. The van der Waals surface area contributed by atoms with Crippen LogP contribution in [0.3, 0.4) is 0 Å². The maximum atomic E-state index is 12.8. The number of nitrogens with zero attached hydrogens (tertiary/aromatic N) is 2. The molecule has 96 valence electrons. The zero-order chi connectivity index (χ0) is 14.0. The number of aromatic nitrogens is 1. The highest BCUT2D eigenvalue weighted by Crippen LogP contribution is 2.34. The van der Waals surface area contributed by atoms with Gasteiger partial charge in [-0.25, -0.2) is 0 Å². The summed E-state index contributed by atoms with van der Waals surface area (Å²) < 4.78 is 38.5. The second-order valence-electron chi connectivity index (χ2n) is 4.12. The summed E-state index contributed by atoms with van der Waals surface area (Å²) in [6.45, 7) is 1.81. The van der Waals surface area contributed by atoms with Gasteiger partial charge < -0.3 is 0 Å². The topological polar surface area (TPSA) is 36.7 Å². The third-order valence-corrected chi connectivity index (χ3v) is 2.65. The van der Waals surface area contributed by atoms with Crippen LogP contribution in [0.1, 0.15) is 16.7 Å². The van der Waals surface area contributed by atoms with Gasteiger partial charge in [-0.2, -0.15) is 18.4 Å². The molecule has 0 fully saturated rings. The molecule has 2 nitrogen and oxygen atoms in total. The van der Waals surface area contributed by atoms with Gasteiger partial charge in [0.2, 0.25) is 0 Å². The SMILES string of the molecule is Cc1cncc(-c2ccc(C#N)c(C(F)(F)F)c2)c1. The summed E-state index contributed by atoms with van der Waals surface area (Å²) in [4.78, 5) is 3.95. The summed E-state index contributed by atoms with van der Waals surface area (Å²) in [5.74, 6) is 0. The molecule has 0 aliphatic rings. The van der Waals surface area contributed by atoms with Crippen LogP contribution in [-0.2, 0) is 6.18 Å². The molecule has 1 aromatic heterocycles. The zero-order valence-corrected chi connectivity index (χ0v) is 9.99. The number of pyridine rings is 1. The largest absolute Gasteiger partial charge is 0.417 e. The normalized spacial score (nSPS) is 11.1. The van der Waals surface area contributed by atoms with Crippen molar-refractivity contribution in [3.8, 4) is 17.2 Å². The molecule has 0 aliphatic carbocycles. The van der Waals surface area contributed by atoms with Crippen molar-refractivity contribution >= 4 is 0 Å². The first-order chi connectivity index (χ1) is 8.91. The first kappa shape index (κ1) is 13.1. The molecule has 0 spiro atoms. The molecule has 2 aromatic rings. The molecule has 2 rings (SSSR count). The van der Waals surface area contributed by atoms with E-state index in [2.05, 4.69) is 4.98 Å². The van der Waals surface area contributed by atoms with Crippen molar-refractivity contribution < 1.29 is 13.2 Å². The van der Waals surface area contributed by atoms with Gasteiger partial charge in [0.15, 0.2) is 0 Å². The van der Waals surface area contributed by atoms with Crippen LogP contribution in [0.25, 0.3) is 11.1 Å². The van der Waals surface area contributed by atoms with E-state index >= 15 is 0 Å². The van der Waals surface area contributed by atoms with Gasteiger partial charge in [0.05, 0.1) is 17.2 Å². The fourth-order valence-electron chi connectivity index (χ4n) is 1.77. The van der Waals surface area contributed by atoms with Gasteiger partial charge in [0.1, 0.15) is 0 Å². The van der Waals surface area contributed by atoms with Crippen LogP contribution in [0.2, 0.25) is 0 Å². The Morgan fingerprint density at radius 3 is 2.42 bits per heavy atom. The molecule has 0 radical (unpaired) electrons. The first-order valence-corrected chi connectivity index (χ1v) is 5.45. The number of nitriles is 1. The predicted molar refractivity (Wildman–Crippen MR) is 64.1 cm³/mol. The van der Waals surface area contributed by atoms with Crippen LogP contribution in [0.4, 0.5) is 13.2 Å². The number of aryl methyl sites for hydroxylation is 1.